The number of esters is 1. The fourth-order valence-corrected chi connectivity index (χ4v) is 2.29. The maximum absolute atomic E-state index is 12.1. The maximum Gasteiger partial charge on any atom is 0.387 e. The Morgan fingerprint density at radius 2 is 1.75 bits per heavy atom. The minimum absolute atomic E-state index is 0.0179. The fraction of sp³-hybridized carbons (Fsp3) is 0.0588. The number of carbonyl (C=O) groups is 1. The van der Waals surface area contributed by atoms with Crippen molar-refractivity contribution >= 4 is 33.9 Å². The summed E-state index contributed by atoms with van der Waals surface area (Å²) in [6.07, 6.45) is 1.61. The van der Waals surface area contributed by atoms with Gasteiger partial charge in [-0.2, -0.15) is 8.78 Å². The summed E-state index contributed by atoms with van der Waals surface area (Å²) in [5.74, 6) is -0.433. The van der Waals surface area contributed by atoms with Crippen LogP contribution in [0.5, 0.6) is 5.75 Å². The normalized spacial score (nSPS) is 15.6. The molecule has 24 heavy (non-hydrogen) atoms. The van der Waals surface area contributed by atoms with Crippen molar-refractivity contribution in [2.24, 2.45) is 4.99 Å². The lowest BCUT2D eigenvalue weighted by molar-refractivity contribution is -0.129. The van der Waals surface area contributed by atoms with Gasteiger partial charge < -0.3 is 9.47 Å². The lowest BCUT2D eigenvalue weighted by Crippen LogP contribution is -2.06. The van der Waals surface area contributed by atoms with E-state index >= 15 is 0 Å². The molecule has 0 unspecified atom stereocenters. The Hall–Kier alpha value is -2.54. The molecular formula is C17H10BrF2NO3. The van der Waals surface area contributed by atoms with Gasteiger partial charge in [0.05, 0.1) is 0 Å². The molecule has 0 saturated carbocycles. The highest BCUT2D eigenvalue weighted by atomic mass is 79.9. The summed E-state index contributed by atoms with van der Waals surface area (Å²) in [5, 5.41) is 0. The average molecular weight is 394 g/mol. The topological polar surface area (TPSA) is 47.9 Å². The van der Waals surface area contributed by atoms with E-state index in [1.807, 2.05) is 24.3 Å². The summed E-state index contributed by atoms with van der Waals surface area (Å²) < 4.78 is 34.6. The van der Waals surface area contributed by atoms with Crippen molar-refractivity contribution in [1.82, 2.24) is 0 Å². The molecule has 1 heterocycles. The van der Waals surface area contributed by atoms with Crippen LogP contribution in [0.1, 0.15) is 11.1 Å². The molecule has 1 aliphatic heterocycles. The van der Waals surface area contributed by atoms with Crippen LogP contribution in [0.25, 0.3) is 6.08 Å². The van der Waals surface area contributed by atoms with Gasteiger partial charge in [0.2, 0.25) is 5.90 Å². The van der Waals surface area contributed by atoms with Gasteiger partial charge in [-0.3, -0.25) is 0 Å². The van der Waals surface area contributed by atoms with E-state index in [-0.39, 0.29) is 17.3 Å². The van der Waals surface area contributed by atoms with Crippen molar-refractivity contribution in [2.45, 2.75) is 6.61 Å². The molecule has 0 saturated heterocycles. The number of ether oxygens (including phenoxy) is 2. The Morgan fingerprint density at radius 1 is 1.08 bits per heavy atom. The van der Waals surface area contributed by atoms with Gasteiger partial charge in [-0.05, 0) is 48.0 Å². The second kappa shape index (κ2) is 6.92. The zero-order chi connectivity index (χ0) is 17.1. The van der Waals surface area contributed by atoms with E-state index in [1.54, 1.807) is 6.08 Å². The fourth-order valence-electron chi connectivity index (χ4n) is 2.03. The van der Waals surface area contributed by atoms with Crippen molar-refractivity contribution in [3.8, 4) is 5.75 Å². The minimum atomic E-state index is -2.89. The van der Waals surface area contributed by atoms with Gasteiger partial charge in [-0.25, -0.2) is 9.79 Å². The Kier molecular flexibility index (Phi) is 4.71. The molecule has 0 atom stereocenters. The van der Waals surface area contributed by atoms with Crippen LogP contribution in [-0.2, 0) is 9.53 Å². The molecule has 2 aromatic rings. The van der Waals surface area contributed by atoms with Crippen LogP contribution in [0.3, 0.4) is 0 Å². The zero-order valence-corrected chi connectivity index (χ0v) is 13.7. The second-order valence-corrected chi connectivity index (χ2v) is 5.71. The van der Waals surface area contributed by atoms with E-state index in [2.05, 4.69) is 25.7 Å². The lowest BCUT2D eigenvalue weighted by Gasteiger charge is -2.04. The van der Waals surface area contributed by atoms with Crippen LogP contribution >= 0.6 is 15.9 Å². The van der Waals surface area contributed by atoms with Crippen molar-refractivity contribution in [2.75, 3.05) is 0 Å². The molecular weight excluding hydrogens is 384 g/mol. The highest BCUT2D eigenvalue weighted by molar-refractivity contribution is 9.10. The van der Waals surface area contributed by atoms with Crippen molar-refractivity contribution in [3.05, 3.63) is 69.8 Å². The third-order valence-electron chi connectivity index (χ3n) is 3.12. The molecule has 2 aromatic carbocycles. The number of rotatable bonds is 4. The van der Waals surface area contributed by atoms with E-state index < -0.39 is 12.6 Å². The molecule has 0 spiro atoms. The second-order valence-electron chi connectivity index (χ2n) is 4.79. The number of aliphatic imine (C=N–C) groups is 1. The summed E-state index contributed by atoms with van der Waals surface area (Å²) in [4.78, 5) is 16.1. The van der Waals surface area contributed by atoms with E-state index in [0.717, 1.165) is 10.0 Å². The first-order valence-electron chi connectivity index (χ1n) is 6.84. The summed E-state index contributed by atoms with van der Waals surface area (Å²) in [6, 6.07) is 13.0. The molecule has 0 amide bonds. The molecule has 1 aliphatic rings. The van der Waals surface area contributed by atoms with E-state index in [0.29, 0.717) is 5.56 Å². The predicted molar refractivity (Wildman–Crippen MR) is 87.8 cm³/mol. The summed E-state index contributed by atoms with van der Waals surface area (Å²) in [6.45, 7) is -2.89. The number of alkyl halides is 2. The molecule has 0 radical (unpaired) electrons. The number of cyclic esters (lactones) is 1. The number of hydrogen-bond donors (Lipinski definition) is 0. The van der Waals surface area contributed by atoms with E-state index in [4.69, 9.17) is 4.74 Å². The molecule has 4 nitrogen and oxygen atoms in total. The molecule has 0 aliphatic carbocycles. The van der Waals surface area contributed by atoms with Crippen LogP contribution in [0.4, 0.5) is 8.78 Å². The largest absolute Gasteiger partial charge is 0.435 e. The van der Waals surface area contributed by atoms with Crippen LogP contribution in [0, 0.1) is 0 Å². The predicted octanol–water partition coefficient (Wildman–Crippen LogP) is 4.40. The smallest absolute Gasteiger partial charge is 0.387 e. The molecule has 0 N–H and O–H groups in total. The number of nitrogens with zero attached hydrogens (tertiary/aromatic N) is 1. The van der Waals surface area contributed by atoms with Crippen LogP contribution < -0.4 is 4.74 Å². The first-order chi connectivity index (χ1) is 11.5. The molecule has 7 heteroatoms. The van der Waals surface area contributed by atoms with Crippen molar-refractivity contribution < 1.29 is 23.0 Å². The summed E-state index contributed by atoms with van der Waals surface area (Å²) in [5.41, 5.74) is 1.46. The summed E-state index contributed by atoms with van der Waals surface area (Å²) in [7, 11) is 0. The third kappa shape index (κ3) is 3.86. The first-order valence-corrected chi connectivity index (χ1v) is 7.64. The number of carbonyl (C=O) groups excluding carboxylic acids is 1. The number of halogens is 3. The Morgan fingerprint density at radius 3 is 2.38 bits per heavy atom. The highest BCUT2D eigenvalue weighted by Crippen LogP contribution is 2.22. The zero-order valence-electron chi connectivity index (χ0n) is 12.1. The van der Waals surface area contributed by atoms with Crippen molar-refractivity contribution in [3.63, 3.8) is 0 Å². The van der Waals surface area contributed by atoms with E-state index in [1.165, 1.54) is 24.3 Å². The standard InChI is InChI=1S/C17H10BrF2NO3/c18-12-5-1-10(2-6-12)9-14-16(22)24-15(21-14)11-3-7-13(8-4-11)23-17(19)20/h1-9,17H/b14-9-. The molecule has 0 fully saturated rings. The molecule has 0 aromatic heterocycles. The number of benzene rings is 2. The summed E-state index contributed by atoms with van der Waals surface area (Å²) >= 11 is 3.33. The Balaban J connectivity index is 1.82. The van der Waals surface area contributed by atoms with Crippen LogP contribution in [0.2, 0.25) is 0 Å². The molecule has 0 bridgehead atoms. The van der Waals surface area contributed by atoms with Gasteiger partial charge in [-0.15, -0.1) is 0 Å². The third-order valence-corrected chi connectivity index (χ3v) is 3.65. The van der Waals surface area contributed by atoms with Gasteiger partial charge in [0, 0.05) is 10.0 Å². The first kappa shape index (κ1) is 16.3. The number of hydrogen-bond acceptors (Lipinski definition) is 4. The maximum atomic E-state index is 12.1. The van der Waals surface area contributed by atoms with E-state index in [9.17, 15) is 13.6 Å². The van der Waals surface area contributed by atoms with Gasteiger partial charge in [0.25, 0.3) is 0 Å². The quantitative estimate of drug-likeness (QED) is 0.571. The Bertz CT molecular complexity index is 815. The SMILES string of the molecule is O=C1OC(c2ccc(OC(F)F)cc2)=N/C1=C\c1ccc(Br)cc1. The lowest BCUT2D eigenvalue weighted by atomic mass is 10.2. The Labute approximate surface area is 144 Å². The highest BCUT2D eigenvalue weighted by Gasteiger charge is 2.24. The molecule has 3 rings (SSSR count). The van der Waals surface area contributed by atoms with Gasteiger partial charge in [0.15, 0.2) is 5.70 Å². The molecule has 122 valence electrons. The van der Waals surface area contributed by atoms with Crippen molar-refractivity contribution in [1.29, 1.82) is 0 Å². The van der Waals surface area contributed by atoms with Gasteiger partial charge in [0.1, 0.15) is 5.75 Å². The average Bonchev–Trinajstić information content (AvgIpc) is 2.91. The monoisotopic (exact) mass is 393 g/mol. The van der Waals surface area contributed by atoms with Gasteiger partial charge >= 0.3 is 12.6 Å². The van der Waals surface area contributed by atoms with Crippen LogP contribution in [-0.4, -0.2) is 18.5 Å². The van der Waals surface area contributed by atoms with Crippen LogP contribution in [0.15, 0.2) is 63.7 Å². The van der Waals surface area contributed by atoms with Gasteiger partial charge in [-0.1, -0.05) is 28.1 Å². The minimum Gasteiger partial charge on any atom is -0.435 e.